The van der Waals surface area contributed by atoms with Crippen molar-refractivity contribution in [2.24, 2.45) is 0 Å². The van der Waals surface area contributed by atoms with Gasteiger partial charge in [-0.25, -0.2) is 4.39 Å². The molecular formula is C18H20Cl2FN2O+. The highest BCUT2D eigenvalue weighted by molar-refractivity contribution is 6.35. The Morgan fingerprint density at radius 2 is 1.92 bits per heavy atom. The van der Waals surface area contributed by atoms with Crippen LogP contribution in [-0.2, 0) is 4.79 Å². The lowest BCUT2D eigenvalue weighted by Crippen LogP contribution is -2.86. The molecule has 128 valence electrons. The zero-order valence-electron chi connectivity index (χ0n) is 13.8. The molecule has 1 atom stereocenters. The molecule has 0 aliphatic rings. The Kier molecular flexibility index (Phi) is 6.21. The van der Waals surface area contributed by atoms with Crippen molar-refractivity contribution in [2.45, 2.75) is 26.8 Å². The molecule has 0 bridgehead atoms. The first-order chi connectivity index (χ1) is 11.3. The third kappa shape index (κ3) is 4.69. The Morgan fingerprint density at radius 3 is 2.58 bits per heavy atom. The first kappa shape index (κ1) is 18.7. The van der Waals surface area contributed by atoms with E-state index in [0.717, 1.165) is 16.8 Å². The normalized spacial score (nSPS) is 12.1. The Balaban J connectivity index is 1.97. The van der Waals surface area contributed by atoms with Crippen LogP contribution in [0.25, 0.3) is 0 Å². The minimum atomic E-state index is -0.518. The first-order valence-corrected chi connectivity index (χ1v) is 8.38. The molecule has 2 aromatic carbocycles. The summed E-state index contributed by atoms with van der Waals surface area (Å²) >= 11 is 11.8. The number of aryl methyl sites for hydroxylation is 2. The Hall–Kier alpha value is -1.62. The maximum atomic E-state index is 13.6. The third-order valence-corrected chi connectivity index (χ3v) is 4.46. The molecule has 3 N–H and O–H groups in total. The number of amides is 1. The summed E-state index contributed by atoms with van der Waals surface area (Å²) in [5, 5.41) is 5.06. The highest BCUT2D eigenvalue weighted by Gasteiger charge is 2.17. The summed E-state index contributed by atoms with van der Waals surface area (Å²) in [6.45, 7) is 6.02. The van der Waals surface area contributed by atoms with E-state index in [2.05, 4.69) is 5.32 Å². The molecule has 6 heteroatoms. The number of rotatable bonds is 5. The minimum absolute atomic E-state index is 0.0106. The van der Waals surface area contributed by atoms with Gasteiger partial charge in [-0.1, -0.05) is 40.9 Å². The zero-order valence-corrected chi connectivity index (χ0v) is 15.3. The smallest absolute Gasteiger partial charge is 0.279 e. The van der Waals surface area contributed by atoms with E-state index in [4.69, 9.17) is 23.2 Å². The highest BCUT2D eigenvalue weighted by atomic mass is 35.5. The van der Waals surface area contributed by atoms with Crippen molar-refractivity contribution >= 4 is 34.8 Å². The molecule has 0 heterocycles. The summed E-state index contributed by atoms with van der Waals surface area (Å²) in [5.74, 6) is -0.643. The molecule has 0 aliphatic heterocycles. The number of hydrogen-bond acceptors (Lipinski definition) is 1. The number of hydrogen-bond donors (Lipinski definition) is 2. The van der Waals surface area contributed by atoms with Crippen molar-refractivity contribution in [3.05, 3.63) is 62.9 Å². The lowest BCUT2D eigenvalue weighted by atomic mass is 10.1. The molecule has 0 aliphatic carbocycles. The lowest BCUT2D eigenvalue weighted by molar-refractivity contribution is -0.682. The number of nitrogens with one attached hydrogen (secondary N) is 1. The van der Waals surface area contributed by atoms with Gasteiger partial charge in [0.05, 0.1) is 10.0 Å². The van der Waals surface area contributed by atoms with Crippen LogP contribution in [0.15, 0.2) is 30.3 Å². The fourth-order valence-corrected chi connectivity index (χ4v) is 3.01. The van der Waals surface area contributed by atoms with Crippen LogP contribution in [-0.4, -0.2) is 12.5 Å². The molecule has 0 aromatic heterocycles. The van der Waals surface area contributed by atoms with E-state index in [1.54, 1.807) is 5.32 Å². The molecule has 0 spiro atoms. The number of nitrogens with two attached hydrogens (primary N) is 1. The van der Waals surface area contributed by atoms with Gasteiger partial charge in [-0.2, -0.15) is 0 Å². The van der Waals surface area contributed by atoms with Gasteiger partial charge in [-0.05, 0) is 44.5 Å². The SMILES string of the molecule is Cc1ccc(NC(=O)C[NH2+][C@H](C)c2cc(F)c(Cl)cc2Cl)c(C)c1. The number of carbonyl (C=O) groups excluding carboxylic acids is 1. The van der Waals surface area contributed by atoms with Crippen molar-refractivity contribution in [1.29, 1.82) is 0 Å². The van der Waals surface area contributed by atoms with Gasteiger partial charge in [0.1, 0.15) is 11.9 Å². The monoisotopic (exact) mass is 369 g/mol. The van der Waals surface area contributed by atoms with Gasteiger partial charge in [-0.15, -0.1) is 0 Å². The summed E-state index contributed by atoms with van der Waals surface area (Å²) < 4.78 is 13.6. The fraction of sp³-hybridized carbons (Fsp3) is 0.278. The number of halogens is 3. The summed E-state index contributed by atoms with van der Waals surface area (Å²) in [7, 11) is 0. The van der Waals surface area contributed by atoms with Crippen molar-refractivity contribution in [3.8, 4) is 0 Å². The van der Waals surface area contributed by atoms with Gasteiger partial charge in [0.2, 0.25) is 0 Å². The molecule has 0 fully saturated rings. The van der Waals surface area contributed by atoms with E-state index in [1.807, 2.05) is 39.0 Å². The predicted molar refractivity (Wildman–Crippen MR) is 96.2 cm³/mol. The predicted octanol–water partition coefficient (Wildman–Crippen LogP) is 4.01. The molecule has 3 nitrogen and oxygen atoms in total. The van der Waals surface area contributed by atoms with Crippen molar-refractivity contribution in [1.82, 2.24) is 0 Å². The van der Waals surface area contributed by atoms with E-state index in [0.29, 0.717) is 10.6 Å². The van der Waals surface area contributed by atoms with E-state index >= 15 is 0 Å². The second-order valence-electron chi connectivity index (χ2n) is 5.88. The Morgan fingerprint density at radius 1 is 1.21 bits per heavy atom. The van der Waals surface area contributed by atoms with Crippen LogP contribution in [0.1, 0.15) is 29.7 Å². The maximum Gasteiger partial charge on any atom is 0.279 e. The second kappa shape index (κ2) is 7.97. The first-order valence-electron chi connectivity index (χ1n) is 7.62. The van der Waals surface area contributed by atoms with Gasteiger partial charge in [0, 0.05) is 11.3 Å². The molecule has 0 saturated carbocycles. The van der Waals surface area contributed by atoms with Crippen LogP contribution in [0, 0.1) is 19.7 Å². The zero-order chi connectivity index (χ0) is 17.9. The van der Waals surface area contributed by atoms with E-state index in [9.17, 15) is 9.18 Å². The summed E-state index contributed by atoms with van der Waals surface area (Å²) in [4.78, 5) is 12.1. The second-order valence-corrected chi connectivity index (χ2v) is 6.70. The Labute approximate surface area is 151 Å². The molecule has 0 radical (unpaired) electrons. The molecule has 24 heavy (non-hydrogen) atoms. The van der Waals surface area contributed by atoms with Crippen LogP contribution in [0.3, 0.4) is 0 Å². The van der Waals surface area contributed by atoms with Crippen LogP contribution in [0.2, 0.25) is 10.0 Å². The number of quaternary nitrogens is 1. The highest BCUT2D eigenvalue weighted by Crippen LogP contribution is 2.27. The van der Waals surface area contributed by atoms with Crippen molar-refractivity contribution < 1.29 is 14.5 Å². The van der Waals surface area contributed by atoms with Gasteiger partial charge in [0.25, 0.3) is 5.91 Å². The van der Waals surface area contributed by atoms with Crippen LogP contribution in [0.4, 0.5) is 10.1 Å². The lowest BCUT2D eigenvalue weighted by Gasteiger charge is -2.14. The maximum absolute atomic E-state index is 13.6. The molecule has 1 amide bonds. The topological polar surface area (TPSA) is 45.7 Å². The number of benzene rings is 2. The summed E-state index contributed by atoms with van der Waals surface area (Å²) in [6, 6.07) is 8.37. The van der Waals surface area contributed by atoms with Crippen molar-refractivity contribution in [3.63, 3.8) is 0 Å². The van der Waals surface area contributed by atoms with Crippen LogP contribution >= 0.6 is 23.2 Å². The summed E-state index contributed by atoms with van der Waals surface area (Å²) in [6.07, 6.45) is 0. The van der Waals surface area contributed by atoms with E-state index in [1.165, 1.54) is 12.1 Å². The largest absolute Gasteiger partial charge is 0.332 e. The van der Waals surface area contributed by atoms with Gasteiger partial charge in [-0.3, -0.25) is 4.79 Å². The number of carbonyl (C=O) groups is 1. The van der Waals surface area contributed by atoms with Gasteiger partial charge < -0.3 is 10.6 Å². The van der Waals surface area contributed by atoms with Gasteiger partial charge in [0.15, 0.2) is 6.54 Å². The van der Waals surface area contributed by atoms with E-state index < -0.39 is 5.82 Å². The standard InChI is InChI=1S/C18H19Cl2FN2O/c1-10-4-5-17(11(2)6-10)23-18(24)9-22-12(3)13-7-16(21)15(20)8-14(13)19/h4-8,12,22H,9H2,1-3H3,(H,23,24)/p+1/t12-/m1/s1. The third-order valence-electron chi connectivity index (χ3n) is 3.84. The molecule has 2 rings (SSSR count). The molecule has 0 saturated heterocycles. The Bertz CT molecular complexity index is 765. The van der Waals surface area contributed by atoms with Crippen molar-refractivity contribution in [2.75, 3.05) is 11.9 Å². The fourth-order valence-electron chi connectivity index (χ4n) is 2.45. The molecule has 2 aromatic rings. The quantitative estimate of drug-likeness (QED) is 0.768. The van der Waals surface area contributed by atoms with Crippen LogP contribution in [0.5, 0.6) is 0 Å². The minimum Gasteiger partial charge on any atom is -0.332 e. The summed E-state index contributed by atoms with van der Waals surface area (Å²) in [5.41, 5.74) is 3.56. The molecule has 0 unspecified atom stereocenters. The average Bonchev–Trinajstić information content (AvgIpc) is 2.51. The van der Waals surface area contributed by atoms with Gasteiger partial charge >= 0.3 is 0 Å². The molecular weight excluding hydrogens is 350 g/mol. The number of anilines is 1. The average molecular weight is 370 g/mol. The van der Waals surface area contributed by atoms with Crippen LogP contribution < -0.4 is 10.6 Å². The van der Waals surface area contributed by atoms with E-state index in [-0.39, 0.29) is 23.5 Å².